The van der Waals surface area contributed by atoms with Gasteiger partial charge in [0.15, 0.2) is 0 Å². The van der Waals surface area contributed by atoms with Gasteiger partial charge in [-0.25, -0.2) is 0 Å². The highest BCUT2D eigenvalue weighted by molar-refractivity contribution is 5.94. The molecule has 0 aromatic heterocycles. The van der Waals surface area contributed by atoms with Gasteiger partial charge in [-0.3, -0.25) is 20.2 Å². The lowest BCUT2D eigenvalue weighted by molar-refractivity contribution is -0.384. The van der Waals surface area contributed by atoms with Crippen LogP contribution >= 0.6 is 0 Å². The summed E-state index contributed by atoms with van der Waals surface area (Å²) in [4.78, 5) is 22.4. The van der Waals surface area contributed by atoms with Crippen LogP contribution in [0.5, 0.6) is 0 Å². The molecule has 2 N–H and O–H groups in total. The Morgan fingerprint density at radius 1 is 1.12 bits per heavy atom. The summed E-state index contributed by atoms with van der Waals surface area (Å²) >= 11 is 0. The number of nitrogens with one attached hydrogen (secondary N) is 2. The van der Waals surface area contributed by atoms with Crippen LogP contribution in [0.4, 0.5) is 11.4 Å². The molecule has 0 heterocycles. The average Bonchev–Trinajstić information content (AvgIpc) is 2.62. The van der Waals surface area contributed by atoms with E-state index < -0.39 is 11.0 Å². The second kappa shape index (κ2) is 8.04. The highest BCUT2D eigenvalue weighted by atomic mass is 16.6. The summed E-state index contributed by atoms with van der Waals surface area (Å²) in [6.45, 7) is 3.66. The Hall–Kier alpha value is -3.24. The maximum Gasteiger partial charge on any atom is 0.269 e. The standard InChI is InChI=1S/C18H18N4O3/c1-12(15-5-3-14(11-19)4-6-15)20-13(2)18(23)21-16-7-9-17(10-8-16)22(24)25/h3-10,12-13,20H,1-2H3,(H,21,23). The van der Waals surface area contributed by atoms with E-state index in [9.17, 15) is 14.9 Å². The minimum Gasteiger partial charge on any atom is -0.325 e. The first-order valence-corrected chi connectivity index (χ1v) is 7.72. The topological polar surface area (TPSA) is 108 Å². The van der Waals surface area contributed by atoms with E-state index in [0.29, 0.717) is 11.3 Å². The van der Waals surface area contributed by atoms with E-state index in [2.05, 4.69) is 16.7 Å². The molecule has 0 aliphatic heterocycles. The number of carbonyl (C=O) groups is 1. The van der Waals surface area contributed by atoms with E-state index in [1.54, 1.807) is 19.1 Å². The zero-order chi connectivity index (χ0) is 18.4. The molecular weight excluding hydrogens is 320 g/mol. The fraction of sp³-hybridized carbons (Fsp3) is 0.222. The number of benzene rings is 2. The van der Waals surface area contributed by atoms with Crippen LogP contribution < -0.4 is 10.6 Å². The van der Waals surface area contributed by atoms with E-state index in [1.165, 1.54) is 24.3 Å². The SMILES string of the molecule is CC(NC(C)c1ccc(C#N)cc1)C(=O)Nc1ccc([N+](=O)[O-])cc1. The quantitative estimate of drug-likeness (QED) is 0.621. The van der Waals surface area contributed by atoms with E-state index in [1.807, 2.05) is 19.1 Å². The summed E-state index contributed by atoms with van der Waals surface area (Å²) in [5.74, 6) is -0.241. The van der Waals surface area contributed by atoms with Crippen LogP contribution in [0.3, 0.4) is 0 Å². The molecule has 0 aliphatic rings. The number of rotatable bonds is 6. The molecule has 2 aromatic carbocycles. The van der Waals surface area contributed by atoms with Crippen molar-refractivity contribution in [2.75, 3.05) is 5.32 Å². The Bertz CT molecular complexity index is 795. The molecule has 0 fully saturated rings. The van der Waals surface area contributed by atoms with Crippen molar-refractivity contribution < 1.29 is 9.72 Å². The molecule has 2 atom stereocenters. The van der Waals surface area contributed by atoms with Gasteiger partial charge in [0, 0.05) is 23.9 Å². The van der Waals surface area contributed by atoms with Gasteiger partial charge < -0.3 is 5.32 Å². The molecule has 25 heavy (non-hydrogen) atoms. The van der Waals surface area contributed by atoms with Gasteiger partial charge in [-0.05, 0) is 43.7 Å². The molecule has 2 unspecified atom stereocenters. The van der Waals surface area contributed by atoms with E-state index >= 15 is 0 Å². The molecule has 2 rings (SSSR count). The fourth-order valence-electron chi connectivity index (χ4n) is 2.31. The summed E-state index contributed by atoms with van der Waals surface area (Å²) < 4.78 is 0. The van der Waals surface area contributed by atoms with Crippen LogP contribution in [0, 0.1) is 21.4 Å². The zero-order valence-electron chi connectivity index (χ0n) is 13.9. The number of anilines is 1. The second-order valence-corrected chi connectivity index (χ2v) is 5.64. The summed E-state index contributed by atoms with van der Waals surface area (Å²) in [6, 6.07) is 14.3. The van der Waals surface area contributed by atoms with Gasteiger partial charge in [-0.1, -0.05) is 12.1 Å². The first-order chi connectivity index (χ1) is 11.9. The van der Waals surface area contributed by atoms with Crippen molar-refractivity contribution in [3.05, 3.63) is 69.8 Å². The van der Waals surface area contributed by atoms with Crippen LogP contribution in [0.2, 0.25) is 0 Å². The summed E-state index contributed by atoms with van der Waals surface area (Å²) in [5, 5.41) is 25.3. The summed E-state index contributed by atoms with van der Waals surface area (Å²) in [5.41, 5.74) is 2.02. The summed E-state index contributed by atoms with van der Waals surface area (Å²) in [7, 11) is 0. The van der Waals surface area contributed by atoms with Crippen molar-refractivity contribution >= 4 is 17.3 Å². The largest absolute Gasteiger partial charge is 0.325 e. The second-order valence-electron chi connectivity index (χ2n) is 5.64. The lowest BCUT2D eigenvalue weighted by Crippen LogP contribution is -2.39. The molecule has 2 aromatic rings. The Kier molecular flexibility index (Phi) is 5.82. The van der Waals surface area contributed by atoms with E-state index in [-0.39, 0.29) is 17.6 Å². The number of nitriles is 1. The third-order valence-electron chi connectivity index (χ3n) is 3.78. The molecule has 0 bridgehead atoms. The van der Waals surface area contributed by atoms with Crippen LogP contribution in [0.1, 0.15) is 31.0 Å². The maximum absolute atomic E-state index is 12.2. The predicted octanol–water partition coefficient (Wildman–Crippen LogP) is 3.14. The number of nitro groups is 1. The minimum atomic E-state index is -0.491. The van der Waals surface area contributed by atoms with Crippen LogP contribution in [0.25, 0.3) is 0 Å². The van der Waals surface area contributed by atoms with Crippen molar-refractivity contribution in [2.45, 2.75) is 25.9 Å². The molecule has 0 radical (unpaired) electrons. The van der Waals surface area contributed by atoms with Gasteiger partial charge in [0.25, 0.3) is 5.69 Å². The Labute approximate surface area is 145 Å². The lowest BCUT2D eigenvalue weighted by atomic mass is 10.1. The summed E-state index contributed by atoms with van der Waals surface area (Å²) in [6.07, 6.45) is 0. The number of hydrogen-bond donors (Lipinski definition) is 2. The van der Waals surface area contributed by atoms with Gasteiger partial charge in [-0.2, -0.15) is 5.26 Å². The van der Waals surface area contributed by atoms with Crippen LogP contribution in [-0.2, 0) is 4.79 Å². The van der Waals surface area contributed by atoms with Crippen LogP contribution in [0.15, 0.2) is 48.5 Å². The van der Waals surface area contributed by atoms with Crippen molar-refractivity contribution in [3.8, 4) is 6.07 Å². The minimum absolute atomic E-state index is 0.0291. The number of nitrogens with zero attached hydrogens (tertiary/aromatic N) is 2. The maximum atomic E-state index is 12.2. The van der Waals surface area contributed by atoms with Crippen molar-refractivity contribution in [3.63, 3.8) is 0 Å². The lowest BCUT2D eigenvalue weighted by Gasteiger charge is -2.20. The molecule has 7 heteroatoms. The van der Waals surface area contributed by atoms with Gasteiger partial charge in [0.05, 0.1) is 22.6 Å². The monoisotopic (exact) mass is 338 g/mol. The number of carbonyl (C=O) groups excluding carboxylic acids is 1. The molecular formula is C18H18N4O3. The molecule has 128 valence electrons. The number of non-ortho nitro benzene ring substituents is 1. The first-order valence-electron chi connectivity index (χ1n) is 7.72. The average molecular weight is 338 g/mol. The number of amides is 1. The molecule has 0 saturated carbocycles. The Morgan fingerprint density at radius 3 is 2.24 bits per heavy atom. The van der Waals surface area contributed by atoms with Gasteiger partial charge in [-0.15, -0.1) is 0 Å². The fourth-order valence-corrected chi connectivity index (χ4v) is 2.31. The number of nitro benzene ring substituents is 1. The first kappa shape index (κ1) is 18.1. The van der Waals surface area contributed by atoms with Crippen LogP contribution in [-0.4, -0.2) is 16.9 Å². The normalized spacial score (nSPS) is 12.7. The molecule has 7 nitrogen and oxygen atoms in total. The van der Waals surface area contributed by atoms with Crippen molar-refractivity contribution in [1.82, 2.24) is 5.32 Å². The predicted molar refractivity (Wildman–Crippen MR) is 93.9 cm³/mol. The van der Waals surface area contributed by atoms with E-state index in [0.717, 1.165) is 5.56 Å². The third kappa shape index (κ3) is 4.86. The van der Waals surface area contributed by atoms with Gasteiger partial charge >= 0.3 is 0 Å². The smallest absolute Gasteiger partial charge is 0.269 e. The van der Waals surface area contributed by atoms with Crippen molar-refractivity contribution in [1.29, 1.82) is 5.26 Å². The van der Waals surface area contributed by atoms with E-state index in [4.69, 9.17) is 5.26 Å². The molecule has 0 aliphatic carbocycles. The molecule has 0 spiro atoms. The highest BCUT2D eigenvalue weighted by Crippen LogP contribution is 2.17. The third-order valence-corrected chi connectivity index (χ3v) is 3.78. The Balaban J connectivity index is 1.94. The Morgan fingerprint density at radius 2 is 1.72 bits per heavy atom. The van der Waals surface area contributed by atoms with Gasteiger partial charge in [0.1, 0.15) is 0 Å². The zero-order valence-corrected chi connectivity index (χ0v) is 13.9. The van der Waals surface area contributed by atoms with Crippen molar-refractivity contribution in [2.24, 2.45) is 0 Å². The highest BCUT2D eigenvalue weighted by Gasteiger charge is 2.17. The molecule has 0 saturated heterocycles. The number of hydrogen-bond acceptors (Lipinski definition) is 5. The molecule has 1 amide bonds. The van der Waals surface area contributed by atoms with Gasteiger partial charge in [0.2, 0.25) is 5.91 Å².